The largest absolute Gasteiger partial charge is 1.00 e. The molecule has 3 aromatic carbocycles. The summed E-state index contributed by atoms with van der Waals surface area (Å²) in [4.78, 5) is 55.0. The number of carboxylic acids is 1. The number of phosphoric acid groups is 2. The molecule has 0 aliphatic carbocycles. The average Bonchev–Trinajstić information content (AvgIpc) is 2.72. The zero-order chi connectivity index (χ0) is 24.4. The van der Waals surface area contributed by atoms with E-state index in [9.17, 15) is 43.7 Å². The first-order valence-corrected chi connectivity index (χ1v) is 11.9. The van der Waals surface area contributed by atoms with Crippen LogP contribution in [0.2, 0.25) is 0 Å². The molecule has 0 fully saturated rings. The Bertz CT molecular complexity index is 1200. The maximum absolute atomic E-state index is 11.8. The summed E-state index contributed by atoms with van der Waals surface area (Å²) in [6, 6.07) is 14.5. The molecule has 3 N–H and O–H groups in total. The van der Waals surface area contributed by atoms with Gasteiger partial charge in [-0.05, 0) is 35.4 Å². The molecule has 0 unspecified atom stereocenters. The first-order valence-electron chi connectivity index (χ1n) is 8.97. The summed E-state index contributed by atoms with van der Waals surface area (Å²) < 4.78 is 30.2. The van der Waals surface area contributed by atoms with Gasteiger partial charge < -0.3 is 58.2 Å². The number of carbonyl (C=O) groups is 1. The van der Waals surface area contributed by atoms with Gasteiger partial charge in [0, 0.05) is 11.1 Å². The van der Waals surface area contributed by atoms with Gasteiger partial charge in [-0.3, -0.25) is 0 Å². The molecule has 0 bridgehead atoms. The van der Waals surface area contributed by atoms with Crippen LogP contribution in [-0.2, 0) is 14.7 Å². The Morgan fingerprint density at radius 1 is 0.667 bits per heavy atom. The van der Waals surface area contributed by atoms with E-state index in [1.807, 2.05) is 0 Å². The number of hydrogen-bond donors (Lipinski definition) is 1. The minimum absolute atomic E-state index is 0. The quantitative estimate of drug-likeness (QED) is 0.140. The number of rotatable bonds is 8. The molecule has 0 atom stereocenters. The molecule has 0 radical (unpaired) electrons. The Balaban J connectivity index is -0.00000102. The predicted molar refractivity (Wildman–Crippen MR) is 106 cm³/mol. The second-order valence-corrected chi connectivity index (χ2v) is 8.82. The van der Waals surface area contributed by atoms with Crippen molar-refractivity contribution < 1.29 is 206 Å². The van der Waals surface area contributed by atoms with Crippen LogP contribution < -0.4 is 182 Å². The molecule has 0 aliphatic rings. The van der Waals surface area contributed by atoms with Crippen molar-refractivity contribution in [3.05, 3.63) is 95.1 Å². The molecule has 0 heterocycles. The Morgan fingerprint density at radius 2 is 1.00 bits per heavy atom. The van der Waals surface area contributed by atoms with E-state index in [0.717, 1.165) is 24.3 Å². The summed E-state index contributed by atoms with van der Waals surface area (Å²) in [5.74, 6) is -2.28. The summed E-state index contributed by atoms with van der Waals surface area (Å²) in [5.41, 5.74) is -2.63. The van der Waals surface area contributed by atoms with Crippen LogP contribution in [0.3, 0.4) is 0 Å². The molecular weight excluding hydrogens is 609 g/mol. The number of hydrogen-bond acceptors (Lipinski definition) is 11. The van der Waals surface area contributed by atoms with Crippen LogP contribution in [-0.4, -0.2) is 16.6 Å². The molecule has 182 valence electrons. The van der Waals surface area contributed by atoms with Gasteiger partial charge in [0.15, 0.2) is 0 Å². The number of aromatic carboxylic acids is 1. The van der Waals surface area contributed by atoms with E-state index in [4.69, 9.17) is 0 Å². The van der Waals surface area contributed by atoms with Crippen molar-refractivity contribution in [2.24, 2.45) is 0 Å². The predicted octanol–water partition coefficient (Wildman–Crippen LogP) is -17.1. The zero-order valence-corrected chi connectivity index (χ0v) is 33.6. The molecule has 19 heteroatoms. The maximum atomic E-state index is 11.8. The molecule has 0 aromatic heterocycles. The Labute approximate surface area is 334 Å². The Kier molecular flexibility index (Phi) is 24.6. The van der Waals surface area contributed by atoms with E-state index in [0.29, 0.717) is 0 Å². The van der Waals surface area contributed by atoms with Gasteiger partial charge in [-0.15, -0.1) is 0 Å². The van der Waals surface area contributed by atoms with Gasteiger partial charge in [-0.2, -0.15) is 0 Å². The second-order valence-electron chi connectivity index (χ2n) is 6.67. The summed E-state index contributed by atoms with van der Waals surface area (Å²) in [7, 11) is -10.7. The van der Waals surface area contributed by atoms with E-state index in [-0.39, 0.29) is 187 Å². The van der Waals surface area contributed by atoms with Crippen LogP contribution in [0.15, 0.2) is 72.8 Å². The van der Waals surface area contributed by atoms with E-state index < -0.39 is 27.2 Å². The van der Waals surface area contributed by atoms with Crippen molar-refractivity contribution in [1.29, 1.82) is 0 Å². The summed E-state index contributed by atoms with van der Waals surface area (Å²) >= 11 is 0. The average molecular weight is 624 g/mol. The van der Waals surface area contributed by atoms with Crippen LogP contribution in [0, 0.1) is 0 Å². The molecule has 12 nitrogen and oxygen atoms in total. The molecule has 3 rings (SSSR count). The second kappa shape index (κ2) is 20.1. The number of benzene rings is 3. The number of carboxylic acid groups (broad SMARTS) is 1. The SMILES string of the molecule is O.O=C([O-])c1ccccc1C(O)(c1ccc(OP(=O)([O-])[O-])cc1)c1ccc(OP(=O)([O-])[O-])cc1.[Na+].[Na+].[Na+].[Na+].[Na+]. The molecule has 39 heavy (non-hydrogen) atoms. The van der Waals surface area contributed by atoms with Gasteiger partial charge in [0.2, 0.25) is 0 Å². The Hall–Kier alpha value is 1.95. The monoisotopic (exact) mass is 624 g/mol. The first-order chi connectivity index (χ1) is 15.3. The van der Waals surface area contributed by atoms with Crippen LogP contribution in [0.25, 0.3) is 0 Å². The minimum Gasteiger partial charge on any atom is -0.780 e. The fourth-order valence-corrected chi connectivity index (χ4v) is 3.99. The van der Waals surface area contributed by atoms with Crippen molar-refractivity contribution in [3.63, 3.8) is 0 Å². The fourth-order valence-electron chi connectivity index (χ4n) is 3.23. The molecule has 3 aromatic rings. The Morgan fingerprint density at radius 3 is 1.31 bits per heavy atom. The molecule has 0 amide bonds. The number of carbonyl (C=O) groups excluding carboxylic acids is 1. The summed E-state index contributed by atoms with van der Waals surface area (Å²) in [6.45, 7) is 0. The third-order valence-electron chi connectivity index (χ3n) is 4.52. The van der Waals surface area contributed by atoms with Gasteiger partial charge >= 0.3 is 148 Å². The van der Waals surface area contributed by atoms with Crippen molar-refractivity contribution in [3.8, 4) is 11.5 Å². The van der Waals surface area contributed by atoms with E-state index in [2.05, 4.69) is 9.05 Å². The van der Waals surface area contributed by atoms with Crippen LogP contribution in [0.4, 0.5) is 0 Å². The topological polar surface area (TPSA) is 237 Å². The van der Waals surface area contributed by atoms with Gasteiger partial charge in [-0.1, -0.05) is 48.5 Å². The molecule has 0 saturated heterocycles. The van der Waals surface area contributed by atoms with Gasteiger partial charge in [0.1, 0.15) is 32.7 Å². The first kappa shape index (κ1) is 47.9. The third-order valence-corrected chi connectivity index (χ3v) is 5.38. The van der Waals surface area contributed by atoms with Crippen LogP contribution in [0.1, 0.15) is 27.0 Å². The summed E-state index contributed by atoms with van der Waals surface area (Å²) in [5, 5.41) is 23.5. The van der Waals surface area contributed by atoms with Gasteiger partial charge in [-0.25, -0.2) is 0 Å². The van der Waals surface area contributed by atoms with E-state index in [1.54, 1.807) is 0 Å². The molecule has 0 aliphatic heterocycles. The smallest absolute Gasteiger partial charge is 0.780 e. The van der Waals surface area contributed by atoms with E-state index >= 15 is 0 Å². The molecule has 0 saturated carbocycles. The molecule has 0 spiro atoms. The van der Waals surface area contributed by atoms with Crippen molar-refractivity contribution in [1.82, 2.24) is 0 Å². The van der Waals surface area contributed by atoms with Crippen LogP contribution >= 0.6 is 15.6 Å². The van der Waals surface area contributed by atoms with Crippen molar-refractivity contribution in [2.75, 3.05) is 0 Å². The maximum Gasteiger partial charge on any atom is 1.00 e. The number of phosphoric ester groups is 2. The minimum atomic E-state index is -5.34. The number of aliphatic hydroxyl groups is 1. The van der Waals surface area contributed by atoms with Crippen LogP contribution in [0.5, 0.6) is 11.5 Å². The zero-order valence-electron chi connectivity index (χ0n) is 21.9. The van der Waals surface area contributed by atoms with Crippen molar-refractivity contribution >= 4 is 21.6 Å². The standard InChI is InChI=1S/C20H18O11P2.5Na.H2O/c21-19(22)17-3-1-2-4-18(17)20(23,13-5-9-15(10-6-13)30-32(24,25)26)14-7-11-16(12-8-14)31-33(27,28)29;;;;;;/h1-12,23H,(H,21,22)(H2,24,25,26)(H2,27,28,29);;;;;;1H2/q;5*+1;/p-5. The summed E-state index contributed by atoms with van der Waals surface area (Å²) in [6.07, 6.45) is 0. The van der Waals surface area contributed by atoms with Gasteiger partial charge in [0.25, 0.3) is 0 Å². The van der Waals surface area contributed by atoms with E-state index in [1.165, 1.54) is 48.5 Å². The van der Waals surface area contributed by atoms with Gasteiger partial charge in [0.05, 0.1) is 5.97 Å². The normalized spacial score (nSPS) is 10.4. The van der Waals surface area contributed by atoms with Crippen molar-refractivity contribution in [2.45, 2.75) is 5.60 Å². The molecular formula is C20H15Na5O12P2. The third kappa shape index (κ3) is 13.6. The fraction of sp³-hybridized carbons (Fsp3) is 0.0500.